The maximum atomic E-state index is 13.3. The van der Waals surface area contributed by atoms with Crippen molar-refractivity contribution in [2.24, 2.45) is 0 Å². The van der Waals surface area contributed by atoms with Crippen LogP contribution in [0.3, 0.4) is 0 Å². The number of amides is 1. The zero-order valence-electron chi connectivity index (χ0n) is 14.2. The normalized spacial score (nSPS) is 21.6. The van der Waals surface area contributed by atoms with Crippen molar-refractivity contribution in [3.63, 3.8) is 0 Å². The van der Waals surface area contributed by atoms with Crippen molar-refractivity contribution in [2.75, 3.05) is 13.1 Å². The van der Waals surface area contributed by atoms with Gasteiger partial charge < -0.3 is 14.5 Å². The number of carbonyl (C=O) groups excluding carboxylic acids is 1. The molecule has 1 saturated carbocycles. The number of benzene rings is 1. The number of likely N-dealkylation sites (tertiary alicyclic amines) is 1. The Hall–Kier alpha value is -1.95. The fourth-order valence-electron chi connectivity index (χ4n) is 4.23. The highest BCUT2D eigenvalue weighted by molar-refractivity contribution is 5.85. The molecular formula is C19H23FN2O3. The van der Waals surface area contributed by atoms with Gasteiger partial charge in [-0.05, 0) is 37.8 Å². The SMILES string of the molecule is O=C(N1CCC(c2noc3cc(F)ccc23)CC1)C1(O)CCCCC1. The Kier molecular flexibility index (Phi) is 4.23. The minimum Gasteiger partial charge on any atom is -0.380 e. The van der Waals surface area contributed by atoms with E-state index in [4.69, 9.17) is 4.52 Å². The zero-order valence-corrected chi connectivity index (χ0v) is 14.2. The Labute approximate surface area is 145 Å². The van der Waals surface area contributed by atoms with Crippen LogP contribution in [0.25, 0.3) is 11.0 Å². The van der Waals surface area contributed by atoms with Crippen molar-refractivity contribution < 1.29 is 18.8 Å². The van der Waals surface area contributed by atoms with Gasteiger partial charge in [0.15, 0.2) is 5.58 Å². The van der Waals surface area contributed by atoms with E-state index < -0.39 is 5.60 Å². The molecule has 0 bridgehead atoms. The molecule has 0 atom stereocenters. The van der Waals surface area contributed by atoms with Gasteiger partial charge in [-0.3, -0.25) is 4.79 Å². The number of rotatable bonds is 2. The van der Waals surface area contributed by atoms with E-state index in [1.54, 1.807) is 11.0 Å². The third-order valence-corrected chi connectivity index (χ3v) is 5.71. The summed E-state index contributed by atoms with van der Waals surface area (Å²) in [6.07, 6.45) is 5.63. The number of nitrogens with zero attached hydrogens (tertiary/aromatic N) is 2. The Balaban J connectivity index is 1.45. The Morgan fingerprint density at radius 2 is 1.96 bits per heavy atom. The Morgan fingerprint density at radius 3 is 2.68 bits per heavy atom. The second kappa shape index (κ2) is 6.41. The van der Waals surface area contributed by atoms with Gasteiger partial charge >= 0.3 is 0 Å². The van der Waals surface area contributed by atoms with Crippen LogP contribution in [-0.2, 0) is 4.79 Å². The van der Waals surface area contributed by atoms with Crippen LogP contribution in [0.4, 0.5) is 4.39 Å². The van der Waals surface area contributed by atoms with Gasteiger partial charge in [0.25, 0.3) is 5.91 Å². The molecule has 0 unspecified atom stereocenters. The van der Waals surface area contributed by atoms with E-state index in [1.807, 2.05) is 0 Å². The molecule has 6 heteroatoms. The minimum atomic E-state index is -1.16. The van der Waals surface area contributed by atoms with Gasteiger partial charge in [-0.2, -0.15) is 0 Å². The summed E-state index contributed by atoms with van der Waals surface area (Å²) in [6.45, 7) is 1.22. The summed E-state index contributed by atoms with van der Waals surface area (Å²) < 4.78 is 18.5. The summed E-state index contributed by atoms with van der Waals surface area (Å²) in [6, 6.07) is 4.47. The van der Waals surface area contributed by atoms with E-state index in [2.05, 4.69) is 5.16 Å². The lowest BCUT2D eigenvalue weighted by atomic mass is 9.83. The van der Waals surface area contributed by atoms with Gasteiger partial charge in [0, 0.05) is 30.5 Å². The lowest BCUT2D eigenvalue weighted by molar-refractivity contribution is -0.155. The first-order valence-electron chi connectivity index (χ1n) is 9.13. The van der Waals surface area contributed by atoms with E-state index in [9.17, 15) is 14.3 Å². The number of aliphatic hydroxyl groups is 1. The minimum absolute atomic E-state index is 0.113. The molecule has 4 rings (SSSR count). The van der Waals surface area contributed by atoms with Gasteiger partial charge in [0.05, 0.1) is 5.69 Å². The third kappa shape index (κ3) is 3.03. The molecule has 1 aromatic carbocycles. The quantitative estimate of drug-likeness (QED) is 0.905. The van der Waals surface area contributed by atoms with Crippen LogP contribution < -0.4 is 0 Å². The topological polar surface area (TPSA) is 66.6 Å². The number of fused-ring (bicyclic) bond motifs is 1. The highest BCUT2D eigenvalue weighted by Crippen LogP contribution is 2.35. The van der Waals surface area contributed by atoms with E-state index in [-0.39, 0.29) is 17.6 Å². The van der Waals surface area contributed by atoms with E-state index in [0.29, 0.717) is 31.5 Å². The van der Waals surface area contributed by atoms with Gasteiger partial charge in [0.2, 0.25) is 0 Å². The summed E-state index contributed by atoms with van der Waals surface area (Å²) in [5.74, 6) is -0.258. The second-order valence-corrected chi connectivity index (χ2v) is 7.37. The fourth-order valence-corrected chi connectivity index (χ4v) is 4.23. The fraction of sp³-hybridized carbons (Fsp3) is 0.579. The molecule has 134 valence electrons. The molecule has 2 fully saturated rings. The highest BCUT2D eigenvalue weighted by atomic mass is 19.1. The molecule has 1 aromatic heterocycles. The van der Waals surface area contributed by atoms with Gasteiger partial charge in [0.1, 0.15) is 11.4 Å². The van der Waals surface area contributed by atoms with Crippen molar-refractivity contribution in [1.29, 1.82) is 0 Å². The maximum absolute atomic E-state index is 13.3. The van der Waals surface area contributed by atoms with Crippen LogP contribution in [0.15, 0.2) is 22.7 Å². The average molecular weight is 346 g/mol. The second-order valence-electron chi connectivity index (χ2n) is 7.37. The van der Waals surface area contributed by atoms with Crippen LogP contribution in [0, 0.1) is 5.82 Å². The number of piperidine rings is 1. The number of halogens is 1. The van der Waals surface area contributed by atoms with Crippen molar-refractivity contribution in [1.82, 2.24) is 10.1 Å². The predicted octanol–water partition coefficient (Wildman–Crippen LogP) is 3.37. The first-order chi connectivity index (χ1) is 12.1. The van der Waals surface area contributed by atoms with Crippen molar-refractivity contribution in [3.8, 4) is 0 Å². The molecule has 0 radical (unpaired) electrons. The largest absolute Gasteiger partial charge is 0.380 e. The lowest BCUT2D eigenvalue weighted by Gasteiger charge is -2.39. The van der Waals surface area contributed by atoms with Crippen LogP contribution in [0.2, 0.25) is 0 Å². The standard InChI is InChI=1S/C19H23FN2O3/c20-14-4-5-15-16(12-14)25-21-17(15)13-6-10-22(11-7-13)18(23)19(24)8-2-1-3-9-19/h4-5,12-13,24H,1-3,6-11H2. The number of carbonyl (C=O) groups is 1. The molecule has 2 aliphatic rings. The smallest absolute Gasteiger partial charge is 0.254 e. The molecule has 1 aliphatic carbocycles. The lowest BCUT2D eigenvalue weighted by Crippen LogP contribution is -2.52. The van der Waals surface area contributed by atoms with Crippen molar-refractivity contribution in [3.05, 3.63) is 29.7 Å². The van der Waals surface area contributed by atoms with E-state index >= 15 is 0 Å². The predicted molar refractivity (Wildman–Crippen MR) is 90.6 cm³/mol. The molecule has 5 nitrogen and oxygen atoms in total. The monoisotopic (exact) mass is 346 g/mol. The Bertz CT molecular complexity index is 774. The molecule has 1 aliphatic heterocycles. The molecule has 1 N–H and O–H groups in total. The molecule has 1 saturated heterocycles. The zero-order chi connectivity index (χ0) is 17.4. The molecule has 1 amide bonds. The maximum Gasteiger partial charge on any atom is 0.254 e. The Morgan fingerprint density at radius 1 is 1.24 bits per heavy atom. The molecule has 2 heterocycles. The summed E-state index contributed by atoms with van der Waals surface area (Å²) in [5.41, 5.74) is 0.145. The van der Waals surface area contributed by atoms with E-state index in [1.165, 1.54) is 12.1 Å². The number of hydrogen-bond acceptors (Lipinski definition) is 4. The van der Waals surface area contributed by atoms with Crippen molar-refractivity contribution in [2.45, 2.75) is 56.5 Å². The summed E-state index contributed by atoms with van der Waals surface area (Å²) in [5, 5.41) is 15.6. The highest BCUT2D eigenvalue weighted by Gasteiger charge is 2.41. The first-order valence-corrected chi connectivity index (χ1v) is 9.13. The van der Waals surface area contributed by atoms with Crippen LogP contribution in [0.5, 0.6) is 0 Å². The number of hydrogen-bond donors (Lipinski definition) is 1. The average Bonchev–Trinajstić information content (AvgIpc) is 3.05. The summed E-state index contributed by atoms with van der Waals surface area (Å²) in [7, 11) is 0. The third-order valence-electron chi connectivity index (χ3n) is 5.71. The van der Waals surface area contributed by atoms with Crippen LogP contribution in [-0.4, -0.2) is 39.8 Å². The molecule has 0 spiro atoms. The molecule has 25 heavy (non-hydrogen) atoms. The van der Waals surface area contributed by atoms with E-state index in [0.717, 1.165) is 43.2 Å². The van der Waals surface area contributed by atoms with Gasteiger partial charge in [-0.1, -0.05) is 24.4 Å². The molecule has 2 aromatic rings. The van der Waals surface area contributed by atoms with Crippen molar-refractivity contribution >= 4 is 16.9 Å². The summed E-state index contributed by atoms with van der Waals surface area (Å²) in [4.78, 5) is 14.5. The van der Waals surface area contributed by atoms with Gasteiger partial charge in [-0.15, -0.1) is 0 Å². The number of aromatic nitrogens is 1. The van der Waals surface area contributed by atoms with Crippen LogP contribution in [0.1, 0.15) is 56.6 Å². The van der Waals surface area contributed by atoms with Gasteiger partial charge in [-0.25, -0.2) is 4.39 Å². The van der Waals surface area contributed by atoms with Crippen LogP contribution >= 0.6 is 0 Å². The molecular weight excluding hydrogens is 323 g/mol. The summed E-state index contributed by atoms with van der Waals surface area (Å²) >= 11 is 0. The first kappa shape index (κ1) is 16.5.